The van der Waals surface area contributed by atoms with E-state index in [9.17, 15) is 4.79 Å². The molecule has 0 aliphatic carbocycles. The van der Waals surface area contributed by atoms with Gasteiger partial charge in [-0.25, -0.2) is 0 Å². The van der Waals surface area contributed by atoms with E-state index in [1.54, 1.807) is 6.92 Å². The van der Waals surface area contributed by atoms with E-state index in [1.165, 1.54) is 0 Å². The molecule has 0 rings (SSSR count). The molecule has 0 saturated heterocycles. The molecule has 0 N–H and O–H groups in total. The number of hydrogen-bond donors (Lipinski definition) is 0. The van der Waals surface area contributed by atoms with Gasteiger partial charge in [-0.3, -0.25) is 0 Å². The molecule has 0 bridgehead atoms. The Morgan fingerprint density at radius 1 is 1.78 bits per heavy atom. The van der Waals surface area contributed by atoms with E-state index in [4.69, 9.17) is 0 Å². The van der Waals surface area contributed by atoms with E-state index in [2.05, 4.69) is 11.8 Å². The molecule has 9 heavy (non-hydrogen) atoms. The van der Waals surface area contributed by atoms with Gasteiger partial charge in [0.05, 0.1) is 0 Å². The van der Waals surface area contributed by atoms with Crippen LogP contribution in [0.25, 0.3) is 0 Å². The van der Waals surface area contributed by atoms with Gasteiger partial charge in [-0.2, -0.15) is 0 Å². The fourth-order valence-corrected chi connectivity index (χ4v) is 1.20. The van der Waals surface area contributed by atoms with Gasteiger partial charge in [0.25, 0.3) is 0 Å². The van der Waals surface area contributed by atoms with Crippen molar-refractivity contribution in [2.24, 2.45) is 0 Å². The van der Waals surface area contributed by atoms with Crippen molar-refractivity contribution in [3.8, 4) is 0 Å². The summed E-state index contributed by atoms with van der Waals surface area (Å²) in [7, 11) is 1.99. The summed E-state index contributed by atoms with van der Waals surface area (Å²) in [6, 6.07) is 0. The number of carbonyl (C=O) groups excluding carboxylic acids is 1. The van der Waals surface area contributed by atoms with Crippen molar-refractivity contribution >= 4 is 31.6 Å². The maximum absolute atomic E-state index is 10.7. The van der Waals surface area contributed by atoms with E-state index in [0.29, 0.717) is 5.78 Å². The number of likely N-dealkylation sites (N-methyl/N-ethyl adjacent to an activating group) is 1. The second-order valence-electron chi connectivity index (χ2n) is 2.09. The first-order valence-electron chi connectivity index (χ1n) is 3.01. The third kappa shape index (κ3) is 3.30. The molecule has 0 spiro atoms. The van der Waals surface area contributed by atoms with Crippen LogP contribution in [0.5, 0.6) is 0 Å². The van der Waals surface area contributed by atoms with Gasteiger partial charge < -0.3 is 0 Å². The Bertz CT molecular complexity index is 105. The normalized spacial score (nSPS) is 13.9. The van der Waals surface area contributed by atoms with Crippen LogP contribution in [0, 0.1) is 0 Å². The zero-order chi connectivity index (χ0) is 7.44. The summed E-state index contributed by atoms with van der Waals surface area (Å²) in [4.78, 5) is 12.8. The Hall–Kier alpha value is 0.552. The fourth-order valence-electron chi connectivity index (χ4n) is 0.493. The molecule has 1 atom stereocenters. The molecule has 0 amide bonds. The predicted octanol–water partition coefficient (Wildman–Crippen LogP) is 0.0217. The fraction of sp³-hybridized carbons (Fsp3) is 0.833. The van der Waals surface area contributed by atoms with Gasteiger partial charge in [0.15, 0.2) is 0 Å². The molecule has 1 unspecified atom stereocenters. The average Bonchev–Trinajstić information content (AvgIpc) is 1.84. The third-order valence-electron chi connectivity index (χ3n) is 1.32. The predicted molar refractivity (Wildman–Crippen MR) is 38.5 cm³/mol. The summed E-state index contributed by atoms with van der Waals surface area (Å²) in [6.45, 7) is 4.69. The molecule has 0 aliphatic heterocycles. The van der Waals surface area contributed by atoms with Crippen molar-refractivity contribution in [2.45, 2.75) is 17.4 Å². The third-order valence-corrected chi connectivity index (χ3v) is 4.62. The van der Waals surface area contributed by atoms with Crippen molar-refractivity contribution in [1.82, 2.24) is 4.90 Å². The molecule has 0 aromatic rings. The van der Waals surface area contributed by atoms with Crippen LogP contribution in [-0.4, -0.2) is 53.6 Å². The summed E-state index contributed by atoms with van der Waals surface area (Å²) in [5, 5.41) is 0. The van der Waals surface area contributed by atoms with E-state index < -0.39 is 0 Å². The van der Waals surface area contributed by atoms with Gasteiger partial charge in [-0.1, -0.05) is 0 Å². The van der Waals surface area contributed by atoms with E-state index in [-0.39, 0.29) is 3.60 Å². The topological polar surface area (TPSA) is 20.3 Å². The van der Waals surface area contributed by atoms with E-state index >= 15 is 0 Å². The number of nitrogens with zero attached hydrogens (tertiary/aromatic N) is 1. The Morgan fingerprint density at radius 2 is 2.22 bits per heavy atom. The molecule has 2 nitrogen and oxygen atoms in total. The maximum atomic E-state index is 10.7. The van der Waals surface area contributed by atoms with E-state index in [1.807, 2.05) is 7.05 Å². The first kappa shape index (κ1) is 9.55. The summed E-state index contributed by atoms with van der Waals surface area (Å²) in [5.74, 6) is 0.297. The van der Waals surface area contributed by atoms with Crippen LogP contribution in [0.3, 0.4) is 0 Å². The van der Waals surface area contributed by atoms with Crippen LogP contribution in [0.2, 0.25) is 0 Å². The van der Waals surface area contributed by atoms with Crippen LogP contribution >= 0.6 is 0 Å². The Kier molecular flexibility index (Phi) is 4.65. The number of rotatable bonds is 3. The minimum atomic E-state index is 0.218. The van der Waals surface area contributed by atoms with Gasteiger partial charge >= 0.3 is 72.3 Å². The molecule has 0 aromatic carbocycles. The molecule has 3 heteroatoms. The average molecular weight is 321 g/mol. The van der Waals surface area contributed by atoms with Crippen LogP contribution in [0.15, 0.2) is 0 Å². The minimum absolute atomic E-state index is 0.218. The van der Waals surface area contributed by atoms with Crippen LogP contribution in [0.1, 0.15) is 13.8 Å². The summed E-state index contributed by atoms with van der Waals surface area (Å²) in [5.41, 5.74) is 0. The molecule has 0 saturated carbocycles. The van der Waals surface area contributed by atoms with Crippen LogP contribution in [-0.2, 0) is 4.79 Å². The van der Waals surface area contributed by atoms with Crippen molar-refractivity contribution < 1.29 is 4.79 Å². The molecule has 3 radical (unpaired) electrons. The zero-order valence-electron chi connectivity index (χ0n) is 6.14. The molecular formula is C6H12NOPb. The van der Waals surface area contributed by atoms with Crippen molar-refractivity contribution in [2.75, 3.05) is 13.6 Å². The summed E-state index contributed by atoms with van der Waals surface area (Å²) in [6.07, 6.45) is 0. The quantitative estimate of drug-likeness (QED) is 0.683. The Morgan fingerprint density at radius 3 is 2.33 bits per heavy atom. The standard InChI is InChI=1S/C6H12NO.Pb/c1-4-7(3)5-6(2)8;/h5H,4H2,1-3H3;. The Labute approximate surface area is 72.3 Å². The van der Waals surface area contributed by atoms with E-state index in [0.717, 1.165) is 32.3 Å². The van der Waals surface area contributed by atoms with Gasteiger partial charge in [-0.15, -0.1) is 0 Å². The zero-order valence-corrected chi connectivity index (χ0v) is 10.0. The SMILES string of the molecule is CCN(C)[CH]([Pb])C(C)=O. The van der Waals surface area contributed by atoms with Gasteiger partial charge in [-0.05, 0) is 0 Å². The molecule has 0 fully saturated rings. The second kappa shape index (κ2) is 4.38. The molecule has 0 aliphatic rings. The number of Topliss-reactive ketones (excluding diaryl/α,β-unsaturated/α-hetero) is 1. The number of carbonyl (C=O) groups is 1. The molecule has 51 valence electrons. The second-order valence-corrected chi connectivity index (χ2v) is 4.21. The summed E-state index contributed by atoms with van der Waals surface area (Å²) < 4.78 is 0.218. The van der Waals surface area contributed by atoms with Crippen molar-refractivity contribution in [1.29, 1.82) is 0 Å². The number of ketones is 1. The first-order chi connectivity index (χ1) is 4.09. The van der Waals surface area contributed by atoms with Crippen molar-refractivity contribution in [3.63, 3.8) is 0 Å². The van der Waals surface area contributed by atoms with Gasteiger partial charge in [0.2, 0.25) is 0 Å². The van der Waals surface area contributed by atoms with Crippen LogP contribution in [0.4, 0.5) is 0 Å². The van der Waals surface area contributed by atoms with Gasteiger partial charge in [0.1, 0.15) is 0 Å². The Balaban J connectivity index is 3.72. The monoisotopic (exact) mass is 322 g/mol. The molecule has 0 aromatic heterocycles. The first-order valence-corrected chi connectivity index (χ1v) is 5.25. The number of hydrogen-bond acceptors (Lipinski definition) is 2. The van der Waals surface area contributed by atoms with Crippen LogP contribution < -0.4 is 0 Å². The molecule has 0 heterocycles. The molecular weight excluding hydrogens is 309 g/mol. The summed E-state index contributed by atoms with van der Waals surface area (Å²) >= 11 is 0.943. The van der Waals surface area contributed by atoms with Gasteiger partial charge in [0, 0.05) is 0 Å². The van der Waals surface area contributed by atoms with Crippen molar-refractivity contribution in [3.05, 3.63) is 0 Å².